The van der Waals surface area contributed by atoms with Crippen LogP contribution < -0.4 is 0 Å². The van der Waals surface area contributed by atoms with Crippen LogP contribution in [0.15, 0.2) is 75.9 Å². The van der Waals surface area contributed by atoms with Crippen molar-refractivity contribution in [3.8, 4) is 0 Å². The van der Waals surface area contributed by atoms with Gasteiger partial charge < -0.3 is 30.6 Å². The van der Waals surface area contributed by atoms with Gasteiger partial charge in [0.2, 0.25) is 0 Å². The van der Waals surface area contributed by atoms with Crippen LogP contribution in [0.4, 0.5) is 0 Å². The fourth-order valence-electron chi connectivity index (χ4n) is 0. The Balaban J connectivity index is -0.00000000376. The first-order chi connectivity index (χ1) is 13.6. The van der Waals surface area contributed by atoms with Gasteiger partial charge in [0, 0.05) is 36.5 Å². The first-order valence-corrected chi connectivity index (χ1v) is 6.75. The first kappa shape index (κ1) is 219. The molecule has 0 saturated heterocycles. The minimum absolute atomic E-state index is 0. The average molecular weight is 1060 g/mol. The predicted octanol–water partition coefficient (Wildman–Crippen LogP) is -15.3. The number of aliphatic carboxylic acids is 6. The van der Waals surface area contributed by atoms with Gasteiger partial charge in [-0.2, -0.15) is 0 Å². The molecule has 38 heteroatoms. The average Bonchev–Trinajstić information content (AvgIpc) is 2.69. The summed E-state index contributed by atoms with van der Waals surface area (Å²) in [6.07, 6.45) is 5.00. The molecule has 0 atom stereocenters. The van der Waals surface area contributed by atoms with E-state index in [0.717, 1.165) is 36.5 Å². The fraction of sp³-hybridized carbons (Fsp3) is 0. The zero-order chi connectivity index (χ0) is 25.7. The summed E-state index contributed by atoms with van der Waals surface area (Å²) in [5, 5.41) is 45.6. The maximum atomic E-state index is 9.25. The summed E-state index contributed by atoms with van der Waals surface area (Å²) in [5.74, 6) is -5.89. The Bertz CT molecular complexity index is 531. The van der Waals surface area contributed by atoms with Crippen molar-refractivity contribution in [1.82, 2.24) is 0 Å². The first-order valence-electron chi connectivity index (χ1n) is 6.75. The van der Waals surface area contributed by atoms with Crippen LogP contribution in [-0.2, 0) is 28.8 Å². The molecule has 0 bridgehead atoms. The Morgan fingerprint density at radius 2 is 0.214 bits per heavy atom. The van der Waals surface area contributed by atoms with Gasteiger partial charge in [0.1, 0.15) is 0 Å². The van der Waals surface area contributed by atoms with Crippen molar-refractivity contribution in [2.24, 2.45) is 0 Å². The zero-order valence-corrected chi connectivity index (χ0v) is 15.8. The number of hydrogen-bond donors (Lipinski definition) is 6. The molecule has 0 radical (unpaired) electrons. The third-order valence-electron chi connectivity index (χ3n) is 1.05. The number of hydrogen-bond acceptors (Lipinski definition) is 6. The van der Waals surface area contributed by atoms with Gasteiger partial charge in [0.15, 0.2) is 0 Å². The van der Waals surface area contributed by atoms with E-state index in [1.165, 1.54) is 0 Å². The Morgan fingerprint density at radius 3 is 0.214 bits per heavy atom. The topological polar surface area (TPSA) is 224 Å². The van der Waals surface area contributed by atoms with Crippen LogP contribution in [-0.4, -0.2) is 835 Å². The molecule has 0 amide bonds. The van der Waals surface area contributed by atoms with Crippen molar-refractivity contribution in [2.75, 3.05) is 0 Å². The van der Waals surface area contributed by atoms with E-state index >= 15 is 0 Å². The molecule has 6 N–H and O–H groups in total. The second-order valence-electron chi connectivity index (χ2n) is 3.25. The Hall–Kier alpha value is 21.3. The Kier molecular flexibility index (Phi) is 826. The van der Waals surface area contributed by atoms with Crippen molar-refractivity contribution in [3.05, 3.63) is 75.9 Å². The van der Waals surface area contributed by atoms with Gasteiger partial charge in [-0.25, -0.2) is 28.8 Å². The molecule has 12 nitrogen and oxygen atoms in total. The molecule has 220 valence electrons. The van der Waals surface area contributed by atoms with E-state index in [0.29, 0.717) is 0 Å². The van der Waals surface area contributed by atoms with Gasteiger partial charge in [0.05, 0.1) is 0 Å². The van der Waals surface area contributed by atoms with Crippen molar-refractivity contribution < 1.29 is 59.4 Å². The molecule has 0 rings (SSSR count). The monoisotopic (exact) mass is 1060 g/mol. The minimum atomic E-state index is -0.981. The van der Waals surface area contributed by atoms with Crippen molar-refractivity contribution in [2.45, 2.75) is 0 Å². The number of carboxylic acid groups (broad SMARTS) is 6. The van der Waals surface area contributed by atoms with Crippen LogP contribution in [0, 0.1) is 0 Å². The fourth-order valence-corrected chi connectivity index (χ4v) is 0. The Morgan fingerprint density at radius 1 is 0.196 bits per heavy atom. The summed E-state index contributed by atoms with van der Waals surface area (Å²) < 4.78 is 0. The quantitative estimate of drug-likeness (QED) is 0.108. The molecule has 0 aliphatic heterocycles. The predicted molar refractivity (Wildman–Crippen MR) is 293 cm³/mol. The van der Waals surface area contributed by atoms with Crippen LogP contribution in [0.25, 0.3) is 0 Å². The van der Waals surface area contributed by atoms with E-state index in [1.807, 2.05) is 0 Å². The molecule has 0 aromatic carbocycles. The zero-order valence-electron chi connectivity index (χ0n) is 15.8. The van der Waals surface area contributed by atoms with E-state index in [9.17, 15) is 28.8 Å². The molecule has 0 aromatic rings. The summed E-state index contributed by atoms with van der Waals surface area (Å²) >= 11 is 0. The summed E-state index contributed by atoms with van der Waals surface area (Å²) in [6.45, 7) is 17.8. The molecule has 0 spiro atoms. The molecule has 56 heavy (non-hydrogen) atoms. The number of carbonyl (C=O) groups is 6. The van der Waals surface area contributed by atoms with Gasteiger partial charge in [-0.3, -0.25) is 0 Å². The molecule has 0 aliphatic rings. The van der Waals surface area contributed by atoms with Gasteiger partial charge in [0.25, 0.3) is 0 Å². The van der Waals surface area contributed by atoms with E-state index < -0.39 is 35.8 Å². The molecule has 0 heterocycles. The molecular weight excluding hydrogens is 1010 g/mol. The second kappa shape index (κ2) is 211. The van der Waals surface area contributed by atoms with E-state index in [1.54, 1.807) is 0 Å². The summed E-state index contributed by atoms with van der Waals surface area (Å²) in [7, 11) is 0. The van der Waals surface area contributed by atoms with Gasteiger partial charge in [-0.05, 0) is 0 Å². The van der Waals surface area contributed by atoms with Gasteiger partial charge in [-0.15, -0.1) is 0 Å². The molecule has 0 saturated carbocycles. The van der Waals surface area contributed by atoms with Crippen LogP contribution in [0.5, 0.6) is 0 Å². The van der Waals surface area contributed by atoms with Crippen molar-refractivity contribution in [1.29, 1.82) is 0 Å². The third kappa shape index (κ3) is 375. The SMILES string of the molecule is C=CC(=O)O.C=CC(=O)O.C=CC(=O)O.C=CC(=O)O.C=CC(=O)O.C=CC(=O)O.[NaH].[NaH].[NaH].[NaH].[NaH].[NaH].[NaH].[NaH].[NaH].[NaH].[NaH].[NaH].[NaH].[NaH].[NaH].[NaH].[NaH].[NaH].[NaH].[NaH].[NaH].[NaH].[NaH].[NaH].[NaH].[NaH]. The second-order valence-corrected chi connectivity index (χ2v) is 3.25. The van der Waals surface area contributed by atoms with E-state index in [-0.39, 0.29) is 768 Å². The molecule has 0 fully saturated rings. The number of rotatable bonds is 6. The van der Waals surface area contributed by atoms with Crippen LogP contribution >= 0.6 is 0 Å². The number of carboxylic acids is 6. The van der Waals surface area contributed by atoms with E-state index in [4.69, 9.17) is 30.6 Å². The van der Waals surface area contributed by atoms with Crippen LogP contribution in [0.1, 0.15) is 0 Å². The normalized spacial score (nSPS) is 3.43. The molecular formula is C18H50Na26O12. The van der Waals surface area contributed by atoms with Crippen molar-refractivity contribution >= 4 is 804 Å². The van der Waals surface area contributed by atoms with Gasteiger partial charge in [-0.1, -0.05) is 39.5 Å². The summed E-state index contributed by atoms with van der Waals surface area (Å²) in [4.78, 5) is 55.5. The van der Waals surface area contributed by atoms with Crippen molar-refractivity contribution in [3.63, 3.8) is 0 Å². The molecule has 0 unspecified atom stereocenters. The van der Waals surface area contributed by atoms with Crippen LogP contribution in [0.2, 0.25) is 0 Å². The van der Waals surface area contributed by atoms with Gasteiger partial charge >= 0.3 is 804 Å². The standard InChI is InChI=1S/6C3H4O2.26Na.26H/c6*1-2-3(4)5;;;;;;;;;;;;;;;;;;;;;;;;;;;;;;;;;;;;;;;;;;;;;;;;;;;;/h6*2H,1H2,(H,4,5);;;;;;;;;;;;;;;;;;;;;;;;;;;;;;;;;;;;;;;;;;;;;;;;;;;;. The summed E-state index contributed by atoms with van der Waals surface area (Å²) in [6, 6.07) is 0. The summed E-state index contributed by atoms with van der Waals surface area (Å²) in [5.41, 5.74) is 0. The van der Waals surface area contributed by atoms with Crippen LogP contribution in [0.3, 0.4) is 0 Å². The van der Waals surface area contributed by atoms with E-state index in [2.05, 4.69) is 39.5 Å². The molecule has 0 aromatic heterocycles. The third-order valence-corrected chi connectivity index (χ3v) is 1.05. The molecule has 0 aliphatic carbocycles. The maximum absolute atomic E-state index is 9.25. The Labute approximate surface area is 910 Å².